The second-order valence-electron chi connectivity index (χ2n) is 6.50. The summed E-state index contributed by atoms with van der Waals surface area (Å²) in [6.45, 7) is -0.730. The van der Waals surface area contributed by atoms with Crippen LogP contribution in [0.1, 0.15) is 10.4 Å². The molecule has 2 aromatic carbocycles. The first-order valence-electron chi connectivity index (χ1n) is 8.93. The molecule has 0 aliphatic rings. The Morgan fingerprint density at radius 3 is 2.28 bits per heavy atom. The Hall–Kier alpha value is -2.63. The molecule has 32 heavy (non-hydrogen) atoms. The maximum atomic E-state index is 12.6. The van der Waals surface area contributed by atoms with Crippen LogP contribution in [-0.2, 0) is 14.8 Å². The van der Waals surface area contributed by atoms with Gasteiger partial charge in [0.2, 0.25) is 0 Å². The summed E-state index contributed by atoms with van der Waals surface area (Å²) in [5.41, 5.74) is 1.90. The number of carbonyl (C=O) groups is 2. The second-order valence-corrected chi connectivity index (χ2v) is 10.5. The number of carbonyl (C=O) groups excluding carboxylic acids is 1. The predicted molar refractivity (Wildman–Crippen MR) is 123 cm³/mol. The number of rotatable bonds is 8. The van der Waals surface area contributed by atoms with Crippen LogP contribution in [0.5, 0.6) is 0 Å². The minimum absolute atomic E-state index is 0.0178. The maximum Gasteiger partial charge on any atom is 0.328 e. The number of aliphatic hydroxyl groups excluding tert-OH is 1. The van der Waals surface area contributed by atoms with Gasteiger partial charge in [-0.25, -0.2) is 13.2 Å². The summed E-state index contributed by atoms with van der Waals surface area (Å²) in [5, 5.41) is 20.3. The highest BCUT2D eigenvalue weighted by Gasteiger charge is 2.21. The molecule has 1 unspecified atom stereocenters. The zero-order valence-electron chi connectivity index (χ0n) is 16.1. The Morgan fingerprint density at radius 2 is 1.72 bits per heavy atom. The molecular weight excluding hydrogens is 499 g/mol. The summed E-state index contributed by atoms with van der Waals surface area (Å²) in [7, 11) is -3.87. The number of carboxylic acids is 1. The molecule has 0 aliphatic heterocycles. The van der Waals surface area contributed by atoms with E-state index in [-0.39, 0.29) is 19.1 Å². The highest BCUT2D eigenvalue weighted by atomic mass is 35.5. The fraction of sp³-hybridized carbons (Fsp3) is 0.100. The van der Waals surface area contributed by atoms with Crippen molar-refractivity contribution in [2.45, 2.75) is 10.3 Å². The lowest BCUT2D eigenvalue weighted by Crippen LogP contribution is -2.43. The summed E-state index contributed by atoms with van der Waals surface area (Å²) in [5.74, 6) is -1.99. The molecule has 8 nitrogen and oxygen atoms in total. The van der Waals surface area contributed by atoms with Crippen LogP contribution in [0.4, 0.5) is 5.69 Å². The molecule has 1 heterocycles. The topological polar surface area (TPSA) is 133 Å². The lowest BCUT2D eigenvalue weighted by atomic mass is 10.0. The number of halogens is 2. The Bertz CT molecular complexity index is 1240. The fourth-order valence-electron chi connectivity index (χ4n) is 2.67. The molecule has 1 atom stereocenters. The van der Waals surface area contributed by atoms with Gasteiger partial charge in [-0.3, -0.25) is 9.52 Å². The van der Waals surface area contributed by atoms with Gasteiger partial charge >= 0.3 is 5.97 Å². The molecule has 0 bridgehead atoms. The lowest BCUT2D eigenvalue weighted by Gasteiger charge is -2.12. The summed E-state index contributed by atoms with van der Waals surface area (Å²) in [4.78, 5) is 23.1. The quantitative estimate of drug-likeness (QED) is 0.362. The number of hydrogen-bond acceptors (Lipinski definition) is 6. The number of amides is 1. The molecule has 0 saturated heterocycles. The van der Waals surface area contributed by atoms with Crippen molar-refractivity contribution in [1.29, 1.82) is 0 Å². The van der Waals surface area contributed by atoms with Gasteiger partial charge in [0.25, 0.3) is 15.9 Å². The molecule has 12 heteroatoms. The number of aliphatic carboxylic acids is 1. The van der Waals surface area contributed by atoms with E-state index >= 15 is 0 Å². The van der Waals surface area contributed by atoms with E-state index in [1.54, 1.807) is 36.4 Å². The van der Waals surface area contributed by atoms with Crippen LogP contribution in [0.2, 0.25) is 9.36 Å². The zero-order valence-corrected chi connectivity index (χ0v) is 19.2. The first kappa shape index (κ1) is 24.0. The molecule has 0 aliphatic carbocycles. The van der Waals surface area contributed by atoms with Gasteiger partial charge in [-0.05, 0) is 41.5 Å². The largest absolute Gasteiger partial charge is 0.480 e. The third-order valence-corrected chi connectivity index (χ3v) is 7.99. The van der Waals surface area contributed by atoms with Crippen molar-refractivity contribution < 1.29 is 28.2 Å². The van der Waals surface area contributed by atoms with Crippen molar-refractivity contribution in [3.05, 3.63) is 69.5 Å². The molecule has 1 amide bonds. The molecule has 0 spiro atoms. The van der Waals surface area contributed by atoms with E-state index in [1.807, 2.05) is 0 Å². The van der Waals surface area contributed by atoms with Crippen molar-refractivity contribution in [1.82, 2.24) is 5.32 Å². The van der Waals surface area contributed by atoms with Crippen LogP contribution < -0.4 is 10.0 Å². The average Bonchev–Trinajstić information content (AvgIpc) is 3.11. The Kier molecular flexibility index (Phi) is 7.42. The van der Waals surface area contributed by atoms with Gasteiger partial charge in [-0.15, -0.1) is 11.3 Å². The SMILES string of the molecule is O=C(NC(CO)C(=O)O)c1ccc(-c2cccc(NS(=O)(=O)c3cc(Cl)c(Cl)s3)c2)cc1. The highest BCUT2D eigenvalue weighted by Crippen LogP contribution is 2.35. The van der Waals surface area contributed by atoms with Crippen molar-refractivity contribution in [3.8, 4) is 11.1 Å². The van der Waals surface area contributed by atoms with E-state index in [4.69, 9.17) is 33.4 Å². The van der Waals surface area contributed by atoms with Crippen LogP contribution in [0.3, 0.4) is 0 Å². The highest BCUT2D eigenvalue weighted by molar-refractivity contribution is 7.94. The van der Waals surface area contributed by atoms with Gasteiger partial charge in [-0.2, -0.15) is 0 Å². The van der Waals surface area contributed by atoms with Crippen LogP contribution in [-0.4, -0.2) is 43.2 Å². The van der Waals surface area contributed by atoms with E-state index in [1.165, 1.54) is 18.2 Å². The van der Waals surface area contributed by atoms with Crippen LogP contribution >= 0.6 is 34.5 Å². The summed E-state index contributed by atoms with van der Waals surface area (Å²) in [6.07, 6.45) is 0. The monoisotopic (exact) mass is 514 g/mol. The first-order valence-corrected chi connectivity index (χ1v) is 12.0. The van der Waals surface area contributed by atoms with Crippen molar-refractivity contribution in [2.75, 3.05) is 11.3 Å². The van der Waals surface area contributed by atoms with Crippen molar-refractivity contribution >= 4 is 62.1 Å². The van der Waals surface area contributed by atoms with E-state index < -0.39 is 34.5 Å². The van der Waals surface area contributed by atoms with E-state index in [2.05, 4.69) is 10.0 Å². The van der Waals surface area contributed by atoms with Gasteiger partial charge in [0.05, 0.1) is 11.6 Å². The van der Waals surface area contributed by atoms with Crippen LogP contribution in [0, 0.1) is 0 Å². The molecule has 0 fully saturated rings. The third-order valence-electron chi connectivity index (χ3n) is 4.27. The molecular formula is C20H16Cl2N2O6S2. The Morgan fingerprint density at radius 1 is 1.03 bits per heavy atom. The molecule has 3 rings (SSSR count). The lowest BCUT2D eigenvalue weighted by molar-refractivity contribution is -0.140. The summed E-state index contributed by atoms with van der Waals surface area (Å²) < 4.78 is 27.8. The Balaban J connectivity index is 1.78. The predicted octanol–water partition coefficient (Wildman–Crippen LogP) is 3.70. The number of aliphatic hydroxyl groups is 1. The third kappa shape index (κ3) is 5.59. The number of sulfonamides is 1. The standard InChI is InChI=1S/C20H16Cl2N2O6S2/c21-15-9-17(31-18(15)22)32(29,30)24-14-3-1-2-13(8-14)11-4-6-12(7-5-11)19(26)23-16(10-25)20(27)28/h1-9,16,24-25H,10H2,(H,23,26)(H,27,28). The molecule has 168 valence electrons. The van der Waals surface area contributed by atoms with E-state index in [9.17, 15) is 18.0 Å². The minimum Gasteiger partial charge on any atom is -0.480 e. The normalized spacial score (nSPS) is 12.2. The molecule has 1 aromatic heterocycles. The number of nitrogens with one attached hydrogen (secondary N) is 2. The number of benzene rings is 2. The first-order chi connectivity index (χ1) is 15.1. The number of carboxylic acid groups (broad SMARTS) is 1. The summed E-state index contributed by atoms with van der Waals surface area (Å²) in [6, 6.07) is 12.8. The smallest absolute Gasteiger partial charge is 0.328 e. The van der Waals surface area contributed by atoms with Gasteiger partial charge in [0.15, 0.2) is 6.04 Å². The van der Waals surface area contributed by atoms with Crippen LogP contribution in [0.15, 0.2) is 58.8 Å². The Labute approximate surface area is 197 Å². The molecule has 0 radical (unpaired) electrons. The van der Waals surface area contributed by atoms with E-state index in [0.29, 0.717) is 16.8 Å². The van der Waals surface area contributed by atoms with Gasteiger partial charge in [0, 0.05) is 11.3 Å². The number of hydrogen-bond donors (Lipinski definition) is 4. The number of thiophene rings is 1. The number of anilines is 1. The second kappa shape index (κ2) is 9.88. The van der Waals surface area contributed by atoms with E-state index in [0.717, 1.165) is 11.3 Å². The van der Waals surface area contributed by atoms with Crippen molar-refractivity contribution in [3.63, 3.8) is 0 Å². The molecule has 3 aromatic rings. The van der Waals surface area contributed by atoms with Gasteiger partial charge in [-0.1, -0.05) is 47.5 Å². The van der Waals surface area contributed by atoms with Gasteiger partial charge < -0.3 is 15.5 Å². The average molecular weight is 515 g/mol. The van der Waals surface area contributed by atoms with Crippen LogP contribution in [0.25, 0.3) is 11.1 Å². The fourth-order valence-corrected chi connectivity index (χ4v) is 5.60. The zero-order chi connectivity index (χ0) is 23.5. The maximum absolute atomic E-state index is 12.6. The van der Waals surface area contributed by atoms with Gasteiger partial charge in [0.1, 0.15) is 8.55 Å². The molecule has 0 saturated carbocycles. The minimum atomic E-state index is -3.87. The van der Waals surface area contributed by atoms with Crippen molar-refractivity contribution in [2.24, 2.45) is 0 Å². The molecule has 4 N–H and O–H groups in total. The summed E-state index contributed by atoms with van der Waals surface area (Å²) >= 11 is 12.5.